The fourth-order valence-corrected chi connectivity index (χ4v) is 3.57. The average molecular weight is 434 g/mol. The molecule has 0 fully saturated rings. The summed E-state index contributed by atoms with van der Waals surface area (Å²) in [5, 5.41) is 7.79. The van der Waals surface area contributed by atoms with E-state index in [4.69, 9.17) is 16.3 Å². The van der Waals surface area contributed by atoms with Gasteiger partial charge in [0.2, 0.25) is 5.13 Å². The molecule has 4 rings (SSSR count). The number of ether oxygens (including phenoxy) is 1. The maximum atomic E-state index is 5.92. The summed E-state index contributed by atoms with van der Waals surface area (Å²) in [6, 6.07) is 23.7. The molecular formula is C24H20ClN3OS. The molecule has 0 bridgehead atoms. The molecule has 0 unspecified atom stereocenters. The summed E-state index contributed by atoms with van der Waals surface area (Å²) in [6.45, 7) is 2.56. The maximum absolute atomic E-state index is 5.92. The quantitative estimate of drug-likeness (QED) is 0.257. The lowest BCUT2D eigenvalue weighted by Crippen LogP contribution is -1.96. The number of benzene rings is 3. The van der Waals surface area contributed by atoms with Crippen molar-refractivity contribution in [3.05, 3.63) is 99.9 Å². The van der Waals surface area contributed by atoms with E-state index in [9.17, 15) is 0 Å². The normalized spacial score (nSPS) is 11.0. The fraction of sp³-hybridized carbons (Fsp3) is 0.0833. The van der Waals surface area contributed by atoms with E-state index >= 15 is 0 Å². The van der Waals surface area contributed by atoms with Crippen LogP contribution in [0.3, 0.4) is 0 Å². The maximum Gasteiger partial charge on any atom is 0.203 e. The van der Waals surface area contributed by atoms with Crippen molar-refractivity contribution in [3.8, 4) is 17.0 Å². The Labute approximate surface area is 184 Å². The van der Waals surface area contributed by atoms with Crippen molar-refractivity contribution in [2.75, 3.05) is 5.43 Å². The minimum absolute atomic E-state index is 0.483. The molecule has 1 heterocycles. The van der Waals surface area contributed by atoms with Gasteiger partial charge in [0.05, 0.1) is 11.9 Å². The van der Waals surface area contributed by atoms with E-state index in [1.54, 1.807) is 6.21 Å². The van der Waals surface area contributed by atoms with Gasteiger partial charge in [-0.15, -0.1) is 11.3 Å². The van der Waals surface area contributed by atoms with Crippen molar-refractivity contribution in [2.45, 2.75) is 13.5 Å². The van der Waals surface area contributed by atoms with E-state index in [0.29, 0.717) is 6.61 Å². The molecule has 3 aromatic carbocycles. The third-order valence-corrected chi connectivity index (χ3v) is 5.40. The molecule has 6 heteroatoms. The first-order chi connectivity index (χ1) is 14.7. The predicted molar refractivity (Wildman–Crippen MR) is 126 cm³/mol. The van der Waals surface area contributed by atoms with E-state index in [-0.39, 0.29) is 0 Å². The number of nitrogens with one attached hydrogen (secondary N) is 1. The number of thiazole rings is 1. The van der Waals surface area contributed by atoms with E-state index in [0.717, 1.165) is 38.3 Å². The van der Waals surface area contributed by atoms with Gasteiger partial charge in [0.25, 0.3) is 0 Å². The van der Waals surface area contributed by atoms with Crippen LogP contribution >= 0.6 is 22.9 Å². The third kappa shape index (κ3) is 5.47. The van der Waals surface area contributed by atoms with Crippen molar-refractivity contribution in [3.63, 3.8) is 0 Å². The second-order valence-corrected chi connectivity index (χ2v) is 8.06. The first kappa shape index (κ1) is 20.1. The molecule has 0 saturated carbocycles. The molecule has 0 radical (unpaired) electrons. The van der Waals surface area contributed by atoms with Crippen molar-refractivity contribution in [1.82, 2.24) is 4.98 Å². The van der Waals surface area contributed by atoms with Crippen LogP contribution in [0.15, 0.2) is 83.3 Å². The highest BCUT2D eigenvalue weighted by molar-refractivity contribution is 7.14. The first-order valence-electron chi connectivity index (χ1n) is 9.45. The Morgan fingerprint density at radius 1 is 1.07 bits per heavy atom. The van der Waals surface area contributed by atoms with Gasteiger partial charge in [-0.3, -0.25) is 5.43 Å². The average Bonchev–Trinajstić information content (AvgIpc) is 3.23. The van der Waals surface area contributed by atoms with Gasteiger partial charge in [-0.2, -0.15) is 5.10 Å². The van der Waals surface area contributed by atoms with Crippen LogP contribution in [0.5, 0.6) is 5.75 Å². The number of rotatable bonds is 7. The topological polar surface area (TPSA) is 46.5 Å². The molecule has 0 aliphatic heterocycles. The fourth-order valence-electron chi connectivity index (χ4n) is 2.78. The molecule has 0 amide bonds. The molecule has 1 N–H and O–H groups in total. The highest BCUT2D eigenvalue weighted by Gasteiger charge is 2.03. The number of anilines is 1. The Morgan fingerprint density at radius 2 is 1.87 bits per heavy atom. The summed E-state index contributed by atoms with van der Waals surface area (Å²) in [6.07, 6.45) is 1.75. The van der Waals surface area contributed by atoms with Crippen LogP contribution in [0.4, 0.5) is 5.13 Å². The van der Waals surface area contributed by atoms with Crippen molar-refractivity contribution in [2.24, 2.45) is 5.10 Å². The van der Waals surface area contributed by atoms with Crippen LogP contribution < -0.4 is 10.2 Å². The number of hydrogen-bond acceptors (Lipinski definition) is 5. The molecule has 1 aromatic heterocycles. The second kappa shape index (κ2) is 9.57. The van der Waals surface area contributed by atoms with Crippen LogP contribution in [0.1, 0.15) is 16.7 Å². The van der Waals surface area contributed by atoms with E-state index in [1.165, 1.54) is 16.9 Å². The van der Waals surface area contributed by atoms with E-state index in [1.807, 2.05) is 53.9 Å². The predicted octanol–water partition coefficient (Wildman–Crippen LogP) is 6.80. The van der Waals surface area contributed by atoms with Gasteiger partial charge in [0.1, 0.15) is 12.4 Å². The summed E-state index contributed by atoms with van der Waals surface area (Å²) in [5.74, 6) is 0.782. The molecule has 0 aliphatic carbocycles. The zero-order chi connectivity index (χ0) is 20.8. The summed E-state index contributed by atoms with van der Waals surface area (Å²) < 4.78 is 5.86. The number of aryl methyl sites for hydroxylation is 1. The van der Waals surface area contributed by atoms with Crippen LogP contribution in [0.2, 0.25) is 5.02 Å². The second-order valence-electron chi connectivity index (χ2n) is 6.76. The largest absolute Gasteiger partial charge is 0.489 e. The lowest BCUT2D eigenvalue weighted by Gasteiger charge is -2.07. The van der Waals surface area contributed by atoms with Crippen LogP contribution in [0.25, 0.3) is 11.3 Å². The van der Waals surface area contributed by atoms with Gasteiger partial charge < -0.3 is 4.74 Å². The van der Waals surface area contributed by atoms with Crippen molar-refractivity contribution >= 4 is 34.3 Å². The molecule has 4 nitrogen and oxygen atoms in total. The highest BCUT2D eigenvalue weighted by Crippen LogP contribution is 2.25. The molecule has 4 aromatic rings. The van der Waals surface area contributed by atoms with Gasteiger partial charge in [-0.1, -0.05) is 65.7 Å². The van der Waals surface area contributed by atoms with Crippen molar-refractivity contribution < 1.29 is 4.74 Å². The molecule has 150 valence electrons. The summed E-state index contributed by atoms with van der Waals surface area (Å²) in [5.41, 5.74) is 8.27. The number of nitrogens with zero attached hydrogens (tertiary/aromatic N) is 2. The lowest BCUT2D eigenvalue weighted by molar-refractivity contribution is 0.306. The number of hydrazone groups is 1. The van der Waals surface area contributed by atoms with Crippen LogP contribution in [-0.4, -0.2) is 11.2 Å². The SMILES string of the molecule is Cc1ccc(-c2csc(N/N=C\c3cccc(OCc4ccc(Cl)cc4)c3)n2)cc1. The summed E-state index contributed by atoms with van der Waals surface area (Å²) in [7, 11) is 0. The van der Waals surface area contributed by atoms with Gasteiger partial charge in [-0.25, -0.2) is 4.98 Å². The number of aromatic nitrogens is 1. The van der Waals surface area contributed by atoms with E-state index in [2.05, 4.69) is 46.7 Å². The minimum Gasteiger partial charge on any atom is -0.489 e. The van der Waals surface area contributed by atoms with Gasteiger partial charge >= 0.3 is 0 Å². The van der Waals surface area contributed by atoms with E-state index < -0.39 is 0 Å². The Hall–Kier alpha value is -3.15. The monoisotopic (exact) mass is 433 g/mol. The van der Waals surface area contributed by atoms with Crippen molar-refractivity contribution in [1.29, 1.82) is 0 Å². The van der Waals surface area contributed by atoms with Crippen LogP contribution in [0, 0.1) is 6.92 Å². The van der Waals surface area contributed by atoms with Gasteiger partial charge in [0, 0.05) is 16.0 Å². The van der Waals surface area contributed by atoms with Gasteiger partial charge in [-0.05, 0) is 42.3 Å². The number of hydrogen-bond donors (Lipinski definition) is 1. The number of halogens is 1. The summed E-state index contributed by atoms with van der Waals surface area (Å²) >= 11 is 7.44. The Morgan fingerprint density at radius 3 is 2.67 bits per heavy atom. The molecule has 0 atom stereocenters. The highest BCUT2D eigenvalue weighted by atomic mass is 35.5. The van der Waals surface area contributed by atoms with Crippen LogP contribution in [-0.2, 0) is 6.61 Å². The van der Waals surface area contributed by atoms with Gasteiger partial charge in [0.15, 0.2) is 0 Å². The molecule has 0 saturated heterocycles. The first-order valence-corrected chi connectivity index (χ1v) is 10.7. The Bertz CT molecular complexity index is 1140. The Kier molecular flexibility index (Phi) is 6.42. The minimum atomic E-state index is 0.483. The summed E-state index contributed by atoms with van der Waals surface area (Å²) in [4.78, 5) is 4.59. The molecule has 0 aliphatic rings. The zero-order valence-corrected chi connectivity index (χ0v) is 18.0. The molecular weight excluding hydrogens is 414 g/mol. The smallest absolute Gasteiger partial charge is 0.203 e. The Balaban J connectivity index is 1.34. The molecule has 30 heavy (non-hydrogen) atoms. The third-order valence-electron chi connectivity index (χ3n) is 4.40. The lowest BCUT2D eigenvalue weighted by atomic mass is 10.1. The molecule has 0 spiro atoms. The standard InChI is InChI=1S/C24H20ClN3OS/c1-17-5-9-20(10-6-17)23-16-30-24(27-23)28-26-14-19-3-2-4-22(13-19)29-15-18-7-11-21(25)12-8-18/h2-14,16H,15H2,1H3,(H,27,28)/b26-14-. The zero-order valence-electron chi connectivity index (χ0n) is 16.4.